The largest absolute Gasteiger partial charge is 0.383 e. The summed E-state index contributed by atoms with van der Waals surface area (Å²) >= 11 is 0. The summed E-state index contributed by atoms with van der Waals surface area (Å²) < 4.78 is 7.98. The van der Waals surface area contributed by atoms with Gasteiger partial charge in [0, 0.05) is 38.0 Å². The van der Waals surface area contributed by atoms with Crippen LogP contribution >= 0.6 is 0 Å². The molecular formula is C19H24N6O3. The van der Waals surface area contributed by atoms with Gasteiger partial charge in [-0.05, 0) is 31.4 Å². The molecule has 4 rings (SSSR count). The number of hydrogen-bond acceptors (Lipinski definition) is 6. The maximum Gasteiger partial charge on any atom is 0.333 e. The molecule has 1 saturated carbocycles. The second-order valence-electron chi connectivity index (χ2n) is 6.98. The van der Waals surface area contributed by atoms with E-state index in [0.29, 0.717) is 36.7 Å². The summed E-state index contributed by atoms with van der Waals surface area (Å²) in [4.78, 5) is 37.8. The minimum atomic E-state index is -0.292. The number of H-pyrrole nitrogens is 1. The number of aromatic nitrogens is 5. The minimum absolute atomic E-state index is 0.0124. The number of aromatic amines is 1. The van der Waals surface area contributed by atoms with Gasteiger partial charge in [0.05, 0.1) is 6.61 Å². The van der Waals surface area contributed by atoms with Gasteiger partial charge in [0.15, 0.2) is 5.65 Å². The van der Waals surface area contributed by atoms with E-state index in [0.717, 1.165) is 30.6 Å². The Morgan fingerprint density at radius 2 is 2.14 bits per heavy atom. The molecule has 1 fully saturated rings. The molecule has 3 heterocycles. The number of anilines is 1. The quantitative estimate of drug-likeness (QED) is 0.573. The number of ether oxygens (including phenoxy) is 1. The van der Waals surface area contributed by atoms with Crippen LogP contribution in [0.15, 0.2) is 27.9 Å². The van der Waals surface area contributed by atoms with Crippen molar-refractivity contribution in [3.63, 3.8) is 0 Å². The van der Waals surface area contributed by atoms with E-state index in [9.17, 15) is 9.59 Å². The molecule has 0 atom stereocenters. The van der Waals surface area contributed by atoms with E-state index in [2.05, 4.69) is 20.3 Å². The van der Waals surface area contributed by atoms with Crippen molar-refractivity contribution in [3.05, 3.63) is 39.2 Å². The lowest BCUT2D eigenvalue weighted by Gasteiger charge is -2.09. The molecule has 3 aromatic heterocycles. The summed E-state index contributed by atoms with van der Waals surface area (Å²) in [6.45, 7) is 3.78. The molecule has 0 bridgehead atoms. The Morgan fingerprint density at radius 1 is 1.32 bits per heavy atom. The van der Waals surface area contributed by atoms with Crippen LogP contribution in [0.25, 0.3) is 22.6 Å². The monoisotopic (exact) mass is 384 g/mol. The van der Waals surface area contributed by atoms with E-state index in [1.807, 2.05) is 19.1 Å². The van der Waals surface area contributed by atoms with Crippen molar-refractivity contribution >= 4 is 17.0 Å². The van der Waals surface area contributed by atoms with Crippen molar-refractivity contribution in [2.24, 2.45) is 0 Å². The summed E-state index contributed by atoms with van der Waals surface area (Å²) in [5, 5.41) is 3.15. The first-order valence-electron chi connectivity index (χ1n) is 9.58. The standard InChI is InChI=1S/C19H24N6O3/c1-3-9-24-17-15(18(26)25(19(24)27)13-5-6-13)22-16(23-17)12-4-7-14(21-11-12)20-8-10-28-2/h4,7,11,13H,3,5-6,8-10H2,1-2H3,(H,20,21)(H,22,23). The smallest absolute Gasteiger partial charge is 0.333 e. The highest BCUT2D eigenvalue weighted by atomic mass is 16.5. The van der Waals surface area contributed by atoms with Gasteiger partial charge in [-0.25, -0.2) is 14.8 Å². The second-order valence-corrected chi connectivity index (χ2v) is 6.98. The zero-order valence-corrected chi connectivity index (χ0v) is 16.1. The number of hydrogen-bond donors (Lipinski definition) is 2. The lowest BCUT2D eigenvalue weighted by Crippen LogP contribution is -2.39. The Balaban J connectivity index is 1.75. The molecule has 2 N–H and O–H groups in total. The fraction of sp³-hybridized carbons (Fsp3) is 0.474. The van der Waals surface area contributed by atoms with Gasteiger partial charge in [0.2, 0.25) is 0 Å². The van der Waals surface area contributed by atoms with Gasteiger partial charge < -0.3 is 15.0 Å². The average Bonchev–Trinajstić information content (AvgIpc) is 3.43. The SMILES string of the molecule is CCCn1c(=O)n(C2CC2)c(=O)c2[nH]c(-c3ccc(NCCOC)nc3)nc21. The van der Waals surface area contributed by atoms with E-state index in [-0.39, 0.29) is 17.3 Å². The first-order valence-corrected chi connectivity index (χ1v) is 9.58. The number of pyridine rings is 1. The van der Waals surface area contributed by atoms with E-state index < -0.39 is 0 Å². The number of rotatable bonds is 8. The van der Waals surface area contributed by atoms with Crippen molar-refractivity contribution in [2.45, 2.75) is 38.8 Å². The highest BCUT2D eigenvalue weighted by Crippen LogP contribution is 2.32. The van der Waals surface area contributed by atoms with Crippen LogP contribution in [0.4, 0.5) is 5.82 Å². The van der Waals surface area contributed by atoms with Crippen molar-refractivity contribution in [2.75, 3.05) is 25.6 Å². The minimum Gasteiger partial charge on any atom is -0.383 e. The van der Waals surface area contributed by atoms with Gasteiger partial charge >= 0.3 is 5.69 Å². The first kappa shape index (κ1) is 18.4. The molecule has 9 heteroatoms. The third kappa shape index (κ3) is 3.33. The summed E-state index contributed by atoms with van der Waals surface area (Å²) in [7, 11) is 1.65. The predicted octanol–water partition coefficient (Wildman–Crippen LogP) is 1.75. The van der Waals surface area contributed by atoms with Gasteiger partial charge in [-0.3, -0.25) is 13.9 Å². The van der Waals surface area contributed by atoms with E-state index in [1.165, 1.54) is 4.57 Å². The zero-order chi connectivity index (χ0) is 19.7. The molecule has 1 aliphatic rings. The normalized spacial score (nSPS) is 13.9. The lowest BCUT2D eigenvalue weighted by molar-refractivity contribution is 0.210. The summed E-state index contributed by atoms with van der Waals surface area (Å²) in [6.07, 6.45) is 4.21. The van der Waals surface area contributed by atoms with E-state index >= 15 is 0 Å². The van der Waals surface area contributed by atoms with Crippen LogP contribution in [-0.2, 0) is 11.3 Å². The van der Waals surface area contributed by atoms with Crippen molar-refractivity contribution < 1.29 is 4.74 Å². The van der Waals surface area contributed by atoms with E-state index in [1.54, 1.807) is 17.9 Å². The Bertz CT molecular complexity index is 1090. The molecule has 28 heavy (non-hydrogen) atoms. The van der Waals surface area contributed by atoms with Crippen LogP contribution in [0, 0.1) is 0 Å². The second kappa shape index (κ2) is 7.59. The van der Waals surface area contributed by atoms with Crippen molar-refractivity contribution in [1.29, 1.82) is 0 Å². The van der Waals surface area contributed by atoms with Gasteiger partial charge in [0.25, 0.3) is 5.56 Å². The molecular weight excluding hydrogens is 360 g/mol. The summed E-state index contributed by atoms with van der Waals surface area (Å²) in [5.74, 6) is 1.26. The number of methoxy groups -OCH3 is 1. The highest BCUT2D eigenvalue weighted by Gasteiger charge is 2.29. The van der Waals surface area contributed by atoms with Gasteiger partial charge in [-0.1, -0.05) is 6.92 Å². The van der Waals surface area contributed by atoms with Crippen LogP contribution in [0.5, 0.6) is 0 Å². The molecule has 0 unspecified atom stereocenters. The average molecular weight is 384 g/mol. The van der Waals surface area contributed by atoms with Crippen molar-refractivity contribution in [1.82, 2.24) is 24.1 Å². The number of nitrogens with one attached hydrogen (secondary N) is 2. The fourth-order valence-electron chi connectivity index (χ4n) is 3.27. The molecule has 0 spiro atoms. The molecule has 0 aliphatic heterocycles. The predicted molar refractivity (Wildman–Crippen MR) is 107 cm³/mol. The Morgan fingerprint density at radius 3 is 2.79 bits per heavy atom. The van der Waals surface area contributed by atoms with Gasteiger partial charge in [0.1, 0.15) is 17.2 Å². The fourth-order valence-corrected chi connectivity index (χ4v) is 3.27. The van der Waals surface area contributed by atoms with Gasteiger partial charge in [-0.15, -0.1) is 0 Å². The number of imidazole rings is 1. The molecule has 0 saturated heterocycles. The lowest BCUT2D eigenvalue weighted by atomic mass is 10.2. The molecule has 0 aromatic carbocycles. The number of aryl methyl sites for hydroxylation is 1. The summed E-state index contributed by atoms with van der Waals surface area (Å²) in [6, 6.07) is 3.74. The molecule has 1 aliphatic carbocycles. The number of nitrogens with zero attached hydrogens (tertiary/aromatic N) is 4. The van der Waals surface area contributed by atoms with Crippen LogP contribution in [-0.4, -0.2) is 44.3 Å². The molecule has 0 radical (unpaired) electrons. The maximum atomic E-state index is 12.9. The van der Waals surface area contributed by atoms with Crippen LogP contribution in [0.1, 0.15) is 32.2 Å². The molecule has 0 amide bonds. The van der Waals surface area contributed by atoms with Crippen molar-refractivity contribution in [3.8, 4) is 11.4 Å². The zero-order valence-electron chi connectivity index (χ0n) is 16.1. The first-order chi connectivity index (χ1) is 13.6. The molecule has 3 aromatic rings. The highest BCUT2D eigenvalue weighted by molar-refractivity contribution is 5.75. The third-order valence-electron chi connectivity index (χ3n) is 4.82. The maximum absolute atomic E-state index is 12.9. The topological polar surface area (TPSA) is 107 Å². The van der Waals surface area contributed by atoms with Crippen LogP contribution < -0.4 is 16.6 Å². The van der Waals surface area contributed by atoms with Crippen LogP contribution in [0.3, 0.4) is 0 Å². The summed E-state index contributed by atoms with van der Waals surface area (Å²) in [5.41, 5.74) is 0.972. The number of fused-ring (bicyclic) bond motifs is 1. The molecule has 9 nitrogen and oxygen atoms in total. The van der Waals surface area contributed by atoms with Gasteiger partial charge in [-0.2, -0.15) is 0 Å². The third-order valence-corrected chi connectivity index (χ3v) is 4.82. The Hall–Kier alpha value is -2.94. The van der Waals surface area contributed by atoms with E-state index in [4.69, 9.17) is 4.74 Å². The Kier molecular flexibility index (Phi) is 4.99. The Labute approximate surface area is 161 Å². The van der Waals surface area contributed by atoms with Crippen LogP contribution in [0.2, 0.25) is 0 Å². The molecule has 148 valence electrons.